The van der Waals surface area contributed by atoms with Crippen molar-refractivity contribution >= 4 is 10.8 Å². The fourth-order valence-corrected chi connectivity index (χ4v) is 2.34. The van der Waals surface area contributed by atoms with E-state index >= 15 is 0 Å². The second-order valence-corrected chi connectivity index (χ2v) is 5.39. The van der Waals surface area contributed by atoms with Crippen LogP contribution in [-0.4, -0.2) is 4.98 Å². The van der Waals surface area contributed by atoms with Crippen LogP contribution in [0.2, 0.25) is 0 Å². The van der Waals surface area contributed by atoms with E-state index in [1.165, 1.54) is 10.9 Å². The van der Waals surface area contributed by atoms with Gasteiger partial charge >= 0.3 is 0 Å². The molecule has 2 aromatic rings. The number of fused-ring (bicyclic) bond motifs is 1. The second kappa shape index (κ2) is 5.04. The summed E-state index contributed by atoms with van der Waals surface area (Å²) in [5.74, 6) is 5.79. The molecule has 3 N–H and O–H groups in total. The van der Waals surface area contributed by atoms with E-state index in [2.05, 4.69) is 55.4 Å². The first kappa shape index (κ1) is 13.0. The van der Waals surface area contributed by atoms with Crippen LogP contribution in [0.25, 0.3) is 10.8 Å². The standard InChI is InChI=1S/C15H21N3/c1-4-15(2,3)14(18-16)13-7-5-6-11-10-17-9-8-12(11)13/h5-10,14,18H,4,16H2,1-3H3. The van der Waals surface area contributed by atoms with Crippen molar-refractivity contribution in [2.75, 3.05) is 0 Å². The molecule has 0 bridgehead atoms. The Morgan fingerprint density at radius 1 is 1.33 bits per heavy atom. The molecule has 96 valence electrons. The van der Waals surface area contributed by atoms with Crippen molar-refractivity contribution in [3.05, 3.63) is 42.2 Å². The molecule has 3 heteroatoms. The lowest BCUT2D eigenvalue weighted by Crippen LogP contribution is -2.38. The Labute approximate surface area is 108 Å². The maximum atomic E-state index is 5.79. The van der Waals surface area contributed by atoms with Gasteiger partial charge in [0.15, 0.2) is 0 Å². The highest BCUT2D eigenvalue weighted by Gasteiger charge is 2.29. The summed E-state index contributed by atoms with van der Waals surface area (Å²) >= 11 is 0. The minimum atomic E-state index is 0.103. The molecule has 1 aromatic heterocycles. The van der Waals surface area contributed by atoms with Gasteiger partial charge in [0.2, 0.25) is 0 Å². The Morgan fingerprint density at radius 3 is 2.78 bits per heavy atom. The third-order valence-corrected chi connectivity index (χ3v) is 3.88. The molecule has 0 radical (unpaired) electrons. The quantitative estimate of drug-likeness (QED) is 0.640. The molecule has 0 spiro atoms. The highest BCUT2D eigenvalue weighted by atomic mass is 15.2. The average molecular weight is 243 g/mol. The van der Waals surface area contributed by atoms with E-state index in [0.717, 1.165) is 11.8 Å². The Kier molecular flexibility index (Phi) is 3.64. The van der Waals surface area contributed by atoms with Crippen LogP contribution in [-0.2, 0) is 0 Å². The number of benzene rings is 1. The molecule has 0 saturated carbocycles. The summed E-state index contributed by atoms with van der Waals surface area (Å²) in [6.45, 7) is 6.66. The van der Waals surface area contributed by atoms with Gasteiger partial charge in [-0.15, -0.1) is 0 Å². The van der Waals surface area contributed by atoms with Crippen LogP contribution in [0.15, 0.2) is 36.7 Å². The number of rotatable bonds is 4. The monoisotopic (exact) mass is 243 g/mol. The number of hydrogen-bond acceptors (Lipinski definition) is 3. The Morgan fingerprint density at radius 2 is 2.11 bits per heavy atom. The summed E-state index contributed by atoms with van der Waals surface area (Å²) in [4.78, 5) is 4.17. The van der Waals surface area contributed by atoms with Crippen LogP contribution < -0.4 is 11.3 Å². The lowest BCUT2D eigenvalue weighted by molar-refractivity contribution is 0.237. The molecule has 0 amide bonds. The highest BCUT2D eigenvalue weighted by molar-refractivity contribution is 5.85. The summed E-state index contributed by atoms with van der Waals surface area (Å²) < 4.78 is 0. The minimum absolute atomic E-state index is 0.103. The van der Waals surface area contributed by atoms with Crippen LogP contribution >= 0.6 is 0 Å². The zero-order valence-electron chi connectivity index (χ0n) is 11.3. The molecule has 0 aliphatic rings. The molecule has 2 rings (SSSR count). The number of hydrogen-bond donors (Lipinski definition) is 2. The van der Waals surface area contributed by atoms with Crippen molar-refractivity contribution in [2.24, 2.45) is 11.3 Å². The smallest absolute Gasteiger partial charge is 0.0516 e. The first-order valence-corrected chi connectivity index (χ1v) is 6.39. The number of nitrogens with two attached hydrogens (primary N) is 1. The average Bonchev–Trinajstić information content (AvgIpc) is 2.39. The maximum absolute atomic E-state index is 5.79. The topological polar surface area (TPSA) is 50.9 Å². The number of nitrogens with one attached hydrogen (secondary N) is 1. The molecule has 1 unspecified atom stereocenters. The van der Waals surface area contributed by atoms with Gasteiger partial charge in [-0.25, -0.2) is 0 Å². The zero-order valence-corrected chi connectivity index (χ0v) is 11.3. The number of pyridine rings is 1. The normalized spacial score (nSPS) is 13.8. The molecular weight excluding hydrogens is 222 g/mol. The van der Waals surface area contributed by atoms with Gasteiger partial charge in [0.25, 0.3) is 0 Å². The molecule has 3 nitrogen and oxygen atoms in total. The molecule has 0 aliphatic heterocycles. The van der Waals surface area contributed by atoms with E-state index in [9.17, 15) is 0 Å². The summed E-state index contributed by atoms with van der Waals surface area (Å²) in [6.07, 6.45) is 4.78. The fraction of sp³-hybridized carbons (Fsp3) is 0.400. The van der Waals surface area contributed by atoms with E-state index in [4.69, 9.17) is 5.84 Å². The molecule has 18 heavy (non-hydrogen) atoms. The van der Waals surface area contributed by atoms with Crippen molar-refractivity contribution < 1.29 is 0 Å². The Balaban J connectivity index is 2.59. The fourth-order valence-electron chi connectivity index (χ4n) is 2.34. The van der Waals surface area contributed by atoms with Gasteiger partial charge in [-0.2, -0.15) is 0 Å². The Hall–Kier alpha value is -1.45. The Bertz CT molecular complexity index is 529. The third kappa shape index (κ3) is 2.24. The lowest BCUT2D eigenvalue weighted by atomic mass is 9.77. The van der Waals surface area contributed by atoms with Crippen LogP contribution in [0.1, 0.15) is 38.8 Å². The van der Waals surface area contributed by atoms with Crippen molar-refractivity contribution in [3.63, 3.8) is 0 Å². The van der Waals surface area contributed by atoms with Gasteiger partial charge in [-0.3, -0.25) is 16.3 Å². The maximum Gasteiger partial charge on any atom is 0.0516 e. The zero-order chi connectivity index (χ0) is 13.2. The van der Waals surface area contributed by atoms with Crippen molar-refractivity contribution in [2.45, 2.75) is 33.2 Å². The summed E-state index contributed by atoms with van der Waals surface area (Å²) in [5, 5.41) is 2.37. The molecule has 1 atom stereocenters. The van der Waals surface area contributed by atoms with Crippen LogP contribution in [0.3, 0.4) is 0 Å². The van der Waals surface area contributed by atoms with Gasteiger partial charge in [-0.1, -0.05) is 39.0 Å². The SMILES string of the molecule is CCC(C)(C)C(NN)c1cccc2cnccc12. The predicted molar refractivity (Wildman–Crippen MR) is 75.9 cm³/mol. The van der Waals surface area contributed by atoms with E-state index in [-0.39, 0.29) is 11.5 Å². The summed E-state index contributed by atoms with van der Waals surface area (Å²) in [7, 11) is 0. The van der Waals surface area contributed by atoms with Crippen LogP contribution in [0.5, 0.6) is 0 Å². The van der Waals surface area contributed by atoms with Gasteiger partial charge in [0.05, 0.1) is 6.04 Å². The lowest BCUT2D eigenvalue weighted by Gasteiger charge is -2.34. The first-order chi connectivity index (χ1) is 8.60. The molecule has 0 aliphatic carbocycles. The largest absolute Gasteiger partial charge is 0.271 e. The van der Waals surface area contributed by atoms with Crippen molar-refractivity contribution in [1.29, 1.82) is 0 Å². The van der Waals surface area contributed by atoms with Gasteiger partial charge in [-0.05, 0) is 28.9 Å². The van der Waals surface area contributed by atoms with Gasteiger partial charge < -0.3 is 0 Å². The number of hydrazine groups is 1. The first-order valence-electron chi connectivity index (χ1n) is 6.39. The summed E-state index contributed by atoms with van der Waals surface area (Å²) in [6, 6.07) is 8.48. The predicted octanol–water partition coefficient (Wildman–Crippen LogP) is 3.18. The third-order valence-electron chi connectivity index (χ3n) is 3.88. The van der Waals surface area contributed by atoms with Crippen LogP contribution in [0, 0.1) is 5.41 Å². The van der Waals surface area contributed by atoms with E-state index in [1.807, 2.05) is 12.4 Å². The van der Waals surface area contributed by atoms with Crippen molar-refractivity contribution in [3.8, 4) is 0 Å². The molecule has 0 fully saturated rings. The van der Waals surface area contributed by atoms with E-state index in [0.29, 0.717) is 0 Å². The molecule has 1 heterocycles. The molecule has 1 aromatic carbocycles. The minimum Gasteiger partial charge on any atom is -0.271 e. The number of aromatic nitrogens is 1. The second-order valence-electron chi connectivity index (χ2n) is 5.39. The highest BCUT2D eigenvalue weighted by Crippen LogP contribution is 2.38. The van der Waals surface area contributed by atoms with Gasteiger partial charge in [0, 0.05) is 17.8 Å². The van der Waals surface area contributed by atoms with Gasteiger partial charge in [0.1, 0.15) is 0 Å². The summed E-state index contributed by atoms with van der Waals surface area (Å²) in [5.41, 5.74) is 4.32. The molecule has 0 saturated heterocycles. The van der Waals surface area contributed by atoms with E-state index in [1.54, 1.807) is 0 Å². The molecular formula is C15H21N3. The number of nitrogens with zero attached hydrogens (tertiary/aromatic N) is 1. The van der Waals surface area contributed by atoms with Crippen molar-refractivity contribution in [1.82, 2.24) is 10.4 Å². The van der Waals surface area contributed by atoms with E-state index < -0.39 is 0 Å². The van der Waals surface area contributed by atoms with Crippen LogP contribution in [0.4, 0.5) is 0 Å².